The summed E-state index contributed by atoms with van der Waals surface area (Å²) < 4.78 is 1.04. The second-order valence-electron chi connectivity index (χ2n) is 5.88. The van der Waals surface area contributed by atoms with Gasteiger partial charge in [0.15, 0.2) is 0 Å². The highest BCUT2D eigenvalue weighted by molar-refractivity contribution is 9.10. The molecule has 1 N–H and O–H groups in total. The van der Waals surface area contributed by atoms with Gasteiger partial charge in [0.2, 0.25) is 5.91 Å². The van der Waals surface area contributed by atoms with Crippen LogP contribution in [0.4, 0.5) is 5.69 Å². The van der Waals surface area contributed by atoms with Crippen LogP contribution in [0.3, 0.4) is 0 Å². The molecule has 0 aromatic heterocycles. The summed E-state index contributed by atoms with van der Waals surface area (Å²) in [6.45, 7) is 6.40. The first-order valence-corrected chi connectivity index (χ1v) is 7.26. The highest BCUT2D eigenvalue weighted by atomic mass is 79.9. The van der Waals surface area contributed by atoms with Crippen molar-refractivity contribution in [3.63, 3.8) is 0 Å². The summed E-state index contributed by atoms with van der Waals surface area (Å²) in [5.74, 6) is 0.309. The van der Waals surface area contributed by atoms with Crippen molar-refractivity contribution in [2.75, 3.05) is 5.32 Å². The molecule has 0 saturated heterocycles. The Balaban J connectivity index is 2.12. The van der Waals surface area contributed by atoms with Gasteiger partial charge in [-0.15, -0.1) is 0 Å². The molecule has 2 nitrogen and oxygen atoms in total. The lowest BCUT2D eigenvalue weighted by molar-refractivity contribution is -0.122. The Morgan fingerprint density at radius 2 is 2.17 bits per heavy atom. The molecule has 1 atom stereocenters. The lowest BCUT2D eigenvalue weighted by atomic mass is 9.81. The van der Waals surface area contributed by atoms with Gasteiger partial charge in [-0.3, -0.25) is 4.79 Å². The van der Waals surface area contributed by atoms with E-state index >= 15 is 0 Å². The Hall–Kier alpha value is -0.830. The van der Waals surface area contributed by atoms with E-state index in [1.54, 1.807) is 0 Å². The van der Waals surface area contributed by atoms with E-state index in [1.807, 2.05) is 25.1 Å². The van der Waals surface area contributed by atoms with Crippen LogP contribution in [-0.4, -0.2) is 5.91 Å². The van der Waals surface area contributed by atoms with Crippen molar-refractivity contribution < 1.29 is 4.79 Å². The molecule has 1 aliphatic carbocycles. The van der Waals surface area contributed by atoms with Crippen molar-refractivity contribution in [2.45, 2.75) is 40.0 Å². The Morgan fingerprint density at radius 3 is 2.72 bits per heavy atom. The summed E-state index contributed by atoms with van der Waals surface area (Å²) >= 11 is 3.43. The van der Waals surface area contributed by atoms with E-state index in [9.17, 15) is 4.79 Å². The van der Waals surface area contributed by atoms with Gasteiger partial charge in [-0.05, 0) is 48.9 Å². The third-order valence-corrected chi connectivity index (χ3v) is 4.51. The molecule has 1 unspecified atom stereocenters. The SMILES string of the molecule is Cc1cc(Br)ccc1NC(=O)C1CCCC1(C)C. The van der Waals surface area contributed by atoms with Crippen molar-refractivity contribution in [1.82, 2.24) is 0 Å². The summed E-state index contributed by atoms with van der Waals surface area (Å²) in [5.41, 5.74) is 2.15. The maximum atomic E-state index is 12.3. The molecule has 1 aromatic carbocycles. The molecule has 2 rings (SSSR count). The van der Waals surface area contributed by atoms with Crippen molar-refractivity contribution >= 4 is 27.5 Å². The van der Waals surface area contributed by atoms with Gasteiger partial charge in [0, 0.05) is 16.1 Å². The fraction of sp³-hybridized carbons (Fsp3) is 0.533. The molecule has 3 heteroatoms. The van der Waals surface area contributed by atoms with Crippen molar-refractivity contribution in [1.29, 1.82) is 0 Å². The molecule has 1 saturated carbocycles. The topological polar surface area (TPSA) is 29.1 Å². The summed E-state index contributed by atoms with van der Waals surface area (Å²) in [5, 5.41) is 3.08. The fourth-order valence-electron chi connectivity index (χ4n) is 2.80. The number of anilines is 1. The summed E-state index contributed by atoms with van der Waals surface area (Å²) in [6, 6.07) is 5.94. The van der Waals surface area contributed by atoms with Crippen LogP contribution in [0.1, 0.15) is 38.7 Å². The number of amides is 1. The molecule has 18 heavy (non-hydrogen) atoms. The van der Waals surface area contributed by atoms with E-state index in [-0.39, 0.29) is 17.2 Å². The van der Waals surface area contributed by atoms with E-state index in [0.29, 0.717) is 0 Å². The molecule has 1 amide bonds. The van der Waals surface area contributed by atoms with Gasteiger partial charge in [0.05, 0.1) is 0 Å². The zero-order valence-corrected chi connectivity index (χ0v) is 12.8. The van der Waals surface area contributed by atoms with Crippen molar-refractivity contribution in [3.8, 4) is 0 Å². The monoisotopic (exact) mass is 309 g/mol. The van der Waals surface area contributed by atoms with Crippen LogP contribution in [0, 0.1) is 18.3 Å². The number of benzene rings is 1. The lowest BCUT2D eigenvalue weighted by Gasteiger charge is -2.26. The molecule has 0 radical (unpaired) electrons. The molecule has 0 bridgehead atoms. The highest BCUT2D eigenvalue weighted by Crippen LogP contribution is 2.43. The third kappa shape index (κ3) is 2.77. The molecule has 1 aromatic rings. The van der Waals surface area contributed by atoms with Crippen molar-refractivity contribution in [2.24, 2.45) is 11.3 Å². The predicted molar refractivity (Wildman–Crippen MR) is 78.6 cm³/mol. The molecule has 1 fully saturated rings. The highest BCUT2D eigenvalue weighted by Gasteiger charge is 2.39. The number of rotatable bonds is 2. The molecule has 0 heterocycles. The van der Waals surface area contributed by atoms with Gasteiger partial charge in [-0.25, -0.2) is 0 Å². The van der Waals surface area contributed by atoms with Crippen LogP contribution in [0.15, 0.2) is 22.7 Å². The van der Waals surface area contributed by atoms with Gasteiger partial charge in [-0.2, -0.15) is 0 Å². The number of halogens is 1. The van der Waals surface area contributed by atoms with Crippen LogP contribution >= 0.6 is 15.9 Å². The minimum Gasteiger partial charge on any atom is -0.326 e. The van der Waals surface area contributed by atoms with E-state index in [2.05, 4.69) is 35.1 Å². The standard InChI is InChI=1S/C15H20BrNO/c1-10-9-11(16)6-7-13(10)17-14(18)12-5-4-8-15(12,2)3/h6-7,9,12H,4-5,8H2,1-3H3,(H,17,18). The second kappa shape index (κ2) is 5.04. The van der Waals surface area contributed by atoms with E-state index < -0.39 is 0 Å². The number of carbonyl (C=O) groups excluding carboxylic acids is 1. The first-order chi connectivity index (χ1) is 8.40. The number of aryl methyl sites for hydroxylation is 1. The zero-order valence-electron chi connectivity index (χ0n) is 11.2. The minimum absolute atomic E-state index is 0.132. The second-order valence-corrected chi connectivity index (χ2v) is 6.80. The van der Waals surface area contributed by atoms with Crippen LogP contribution in [-0.2, 0) is 4.79 Å². The molecule has 1 aliphatic rings. The quantitative estimate of drug-likeness (QED) is 0.855. The van der Waals surface area contributed by atoms with Gasteiger partial charge in [0.25, 0.3) is 0 Å². The maximum absolute atomic E-state index is 12.3. The summed E-state index contributed by atoms with van der Waals surface area (Å²) in [4.78, 5) is 12.3. The van der Waals surface area contributed by atoms with Crippen LogP contribution in [0.5, 0.6) is 0 Å². The maximum Gasteiger partial charge on any atom is 0.228 e. The number of hydrogen-bond donors (Lipinski definition) is 1. The van der Waals surface area contributed by atoms with Crippen molar-refractivity contribution in [3.05, 3.63) is 28.2 Å². The molecule has 98 valence electrons. The predicted octanol–water partition coefficient (Wildman–Crippen LogP) is 4.52. The van der Waals surface area contributed by atoms with Gasteiger partial charge in [0.1, 0.15) is 0 Å². The normalized spacial score (nSPS) is 21.9. The van der Waals surface area contributed by atoms with E-state index in [0.717, 1.165) is 35.0 Å². The summed E-state index contributed by atoms with van der Waals surface area (Å²) in [6.07, 6.45) is 3.31. The zero-order chi connectivity index (χ0) is 13.3. The molecule has 0 spiro atoms. The van der Waals surface area contributed by atoms with Gasteiger partial charge >= 0.3 is 0 Å². The Kier molecular flexibility index (Phi) is 3.81. The molecular formula is C15H20BrNO. The first kappa shape index (κ1) is 13.6. The number of nitrogens with one attached hydrogen (secondary N) is 1. The largest absolute Gasteiger partial charge is 0.326 e. The van der Waals surface area contributed by atoms with E-state index in [4.69, 9.17) is 0 Å². The third-order valence-electron chi connectivity index (χ3n) is 4.02. The number of carbonyl (C=O) groups is 1. The Morgan fingerprint density at radius 1 is 1.44 bits per heavy atom. The molecule has 0 aliphatic heterocycles. The Bertz CT molecular complexity index is 468. The average molecular weight is 310 g/mol. The summed E-state index contributed by atoms with van der Waals surface area (Å²) in [7, 11) is 0. The Labute approximate surface area is 117 Å². The van der Waals surface area contributed by atoms with Crippen LogP contribution in [0.2, 0.25) is 0 Å². The van der Waals surface area contributed by atoms with Gasteiger partial charge < -0.3 is 5.32 Å². The minimum atomic E-state index is 0.132. The van der Waals surface area contributed by atoms with Crippen LogP contribution in [0.25, 0.3) is 0 Å². The van der Waals surface area contributed by atoms with E-state index in [1.165, 1.54) is 0 Å². The van der Waals surface area contributed by atoms with Gasteiger partial charge in [-0.1, -0.05) is 36.2 Å². The fourth-order valence-corrected chi connectivity index (χ4v) is 3.28. The molecular weight excluding hydrogens is 290 g/mol. The lowest BCUT2D eigenvalue weighted by Crippen LogP contribution is -2.31. The number of hydrogen-bond acceptors (Lipinski definition) is 1. The average Bonchev–Trinajstić information content (AvgIpc) is 2.62. The first-order valence-electron chi connectivity index (χ1n) is 6.47. The van der Waals surface area contributed by atoms with Crippen LogP contribution < -0.4 is 5.32 Å². The smallest absolute Gasteiger partial charge is 0.228 e.